The number of hydrogen-bond donors (Lipinski definition) is 0. The molecular weight excluding hydrogens is 516 g/mol. The third-order valence-electron chi connectivity index (χ3n) is 3.23. The Bertz CT molecular complexity index is 737. The molecule has 0 aliphatic carbocycles. The molecule has 0 fully saturated rings. The first-order valence-electron chi connectivity index (χ1n) is 6.53. The average molecular weight is 523 g/mol. The normalized spacial score (nSPS) is 15.2. The summed E-state index contributed by atoms with van der Waals surface area (Å²) in [6, 6.07) is 0. The smallest absolute Gasteiger partial charge is 0.549 e. The Morgan fingerprint density at radius 2 is 1.10 bits per heavy atom. The molecule has 0 atom stereocenters. The molecular formula is C10H7F13KNO4S. The van der Waals surface area contributed by atoms with Crippen LogP contribution < -0.4 is 56.5 Å². The van der Waals surface area contributed by atoms with Crippen molar-refractivity contribution < 1.29 is 127 Å². The van der Waals surface area contributed by atoms with Crippen molar-refractivity contribution in [2.24, 2.45) is 0 Å². The maximum Gasteiger partial charge on any atom is 1.00 e. The van der Waals surface area contributed by atoms with Gasteiger partial charge in [0, 0.05) is 6.54 Å². The number of alkyl halides is 13. The van der Waals surface area contributed by atoms with Gasteiger partial charge in [-0.3, -0.25) is 0 Å². The van der Waals surface area contributed by atoms with Crippen LogP contribution in [0.2, 0.25) is 0 Å². The Morgan fingerprint density at radius 3 is 1.37 bits per heavy atom. The van der Waals surface area contributed by atoms with Crippen molar-refractivity contribution in [1.82, 2.24) is 4.31 Å². The van der Waals surface area contributed by atoms with Crippen LogP contribution in [0, 0.1) is 0 Å². The Morgan fingerprint density at radius 1 is 0.767 bits per heavy atom. The van der Waals surface area contributed by atoms with Crippen LogP contribution >= 0.6 is 0 Å². The van der Waals surface area contributed by atoms with Crippen LogP contribution in [-0.2, 0) is 14.8 Å². The number of carbonyl (C=O) groups excluding carboxylic acids is 1. The van der Waals surface area contributed by atoms with Gasteiger partial charge in [0.05, 0.1) is 12.5 Å². The first-order valence-corrected chi connectivity index (χ1v) is 7.97. The van der Waals surface area contributed by atoms with Gasteiger partial charge in [0.1, 0.15) is 0 Å². The summed E-state index contributed by atoms with van der Waals surface area (Å²) in [6.07, 6.45) is -7.64. The number of carboxylic acid groups (broad SMARTS) is 1. The van der Waals surface area contributed by atoms with Gasteiger partial charge in [-0.15, -0.1) is 0 Å². The van der Waals surface area contributed by atoms with E-state index in [1.54, 1.807) is 0 Å². The maximum atomic E-state index is 13.6. The number of likely N-dealkylation sites (N-methyl/N-ethyl adjacent to an activating group) is 1. The van der Waals surface area contributed by atoms with E-state index in [4.69, 9.17) is 0 Å². The molecule has 0 saturated carbocycles. The molecule has 0 aliphatic heterocycles. The van der Waals surface area contributed by atoms with E-state index in [0.717, 1.165) is 0 Å². The predicted molar refractivity (Wildman–Crippen MR) is 62.0 cm³/mol. The Labute approximate surface area is 201 Å². The molecule has 0 rings (SSSR count). The first kappa shape index (κ1) is 32.3. The summed E-state index contributed by atoms with van der Waals surface area (Å²) in [7, 11) is -7.34. The number of sulfonamides is 1. The van der Waals surface area contributed by atoms with Crippen LogP contribution in [0.3, 0.4) is 0 Å². The van der Waals surface area contributed by atoms with E-state index in [9.17, 15) is 75.4 Å². The largest absolute Gasteiger partial charge is 1.00 e. The molecule has 0 radical (unpaired) electrons. The zero-order valence-electron chi connectivity index (χ0n) is 14.3. The zero-order chi connectivity index (χ0) is 24.1. The third-order valence-corrected chi connectivity index (χ3v) is 5.20. The number of halogens is 13. The van der Waals surface area contributed by atoms with E-state index < -0.39 is 68.5 Å². The van der Waals surface area contributed by atoms with Crippen molar-refractivity contribution in [3.8, 4) is 0 Å². The van der Waals surface area contributed by atoms with E-state index in [1.165, 1.54) is 0 Å². The fraction of sp³-hybridized carbons (Fsp3) is 0.900. The molecule has 30 heavy (non-hydrogen) atoms. The first-order chi connectivity index (χ1) is 12.4. The molecule has 0 aromatic rings. The van der Waals surface area contributed by atoms with Gasteiger partial charge >= 0.3 is 86.5 Å². The molecule has 174 valence electrons. The van der Waals surface area contributed by atoms with Gasteiger partial charge in [0.2, 0.25) is 0 Å². The molecule has 0 aromatic heterocycles. The number of rotatable bonds is 9. The van der Waals surface area contributed by atoms with Crippen LogP contribution in [0.15, 0.2) is 0 Å². The van der Waals surface area contributed by atoms with E-state index in [-0.39, 0.29) is 51.4 Å². The summed E-state index contributed by atoms with van der Waals surface area (Å²) in [5.74, 6) is -35.3. The van der Waals surface area contributed by atoms with Gasteiger partial charge in [-0.05, 0) is 0 Å². The van der Waals surface area contributed by atoms with Gasteiger partial charge in [-0.1, -0.05) is 6.92 Å². The standard InChI is InChI=1S/C10H8F13NO4S.K/c1-2-24(3-4(25)26)29(27,28)10(22,23)8(17,18)6(13,14)5(11,12)7(15,16)9(19,20)21;/h2-3H2,1H3,(H,25,26);/q;+1/p-1. The molecule has 0 N–H and O–H groups in total. The van der Waals surface area contributed by atoms with E-state index in [1.807, 2.05) is 0 Å². The van der Waals surface area contributed by atoms with Crippen LogP contribution in [0.5, 0.6) is 0 Å². The summed E-state index contributed by atoms with van der Waals surface area (Å²) in [5.41, 5.74) is 0. The molecule has 0 heterocycles. The number of aliphatic carboxylic acids is 1. The van der Waals surface area contributed by atoms with E-state index in [2.05, 4.69) is 0 Å². The van der Waals surface area contributed by atoms with Crippen molar-refractivity contribution in [2.45, 2.75) is 42.0 Å². The van der Waals surface area contributed by atoms with Crippen molar-refractivity contribution in [3.63, 3.8) is 0 Å². The summed E-state index contributed by atoms with van der Waals surface area (Å²) in [6.45, 7) is -3.22. The minimum atomic E-state index is -8.31. The molecule has 0 saturated heterocycles. The average Bonchev–Trinajstić information content (AvgIpc) is 2.49. The second kappa shape index (κ2) is 9.16. The quantitative estimate of drug-likeness (QED) is 0.290. The van der Waals surface area contributed by atoms with Crippen molar-refractivity contribution in [2.75, 3.05) is 13.1 Å². The van der Waals surface area contributed by atoms with E-state index >= 15 is 0 Å². The summed E-state index contributed by atoms with van der Waals surface area (Å²) in [4.78, 5) is 10.2. The molecule has 0 spiro atoms. The Balaban J connectivity index is 0. The summed E-state index contributed by atoms with van der Waals surface area (Å²) < 4.78 is 190. The van der Waals surface area contributed by atoms with Gasteiger partial charge < -0.3 is 9.90 Å². The number of carbonyl (C=O) groups is 1. The SMILES string of the molecule is CCN(CC(=O)[O-])S(=O)(=O)C(F)(F)C(F)(F)C(F)(F)C(F)(F)C(F)(F)C(F)(F)F.[K+]. The molecule has 0 unspecified atom stereocenters. The van der Waals surface area contributed by atoms with Crippen LogP contribution in [0.25, 0.3) is 0 Å². The summed E-state index contributed by atoms with van der Waals surface area (Å²) in [5, 5.41) is 2.78. The second-order valence-electron chi connectivity index (χ2n) is 5.12. The fourth-order valence-corrected chi connectivity index (χ4v) is 2.98. The van der Waals surface area contributed by atoms with Crippen LogP contribution in [-0.4, -0.2) is 66.9 Å². The van der Waals surface area contributed by atoms with Crippen LogP contribution in [0.1, 0.15) is 6.92 Å². The molecule has 0 aliphatic rings. The monoisotopic (exact) mass is 523 g/mol. The van der Waals surface area contributed by atoms with Crippen LogP contribution in [0.4, 0.5) is 57.1 Å². The third kappa shape index (κ3) is 4.73. The number of nitrogens with zero attached hydrogens (tertiary/aromatic N) is 1. The minimum Gasteiger partial charge on any atom is -0.549 e. The Kier molecular flexibility index (Phi) is 9.86. The molecule has 5 nitrogen and oxygen atoms in total. The van der Waals surface area contributed by atoms with Gasteiger partial charge in [0.25, 0.3) is 10.0 Å². The van der Waals surface area contributed by atoms with Crippen molar-refractivity contribution >= 4 is 16.0 Å². The van der Waals surface area contributed by atoms with Crippen molar-refractivity contribution in [1.29, 1.82) is 0 Å². The molecule has 0 aromatic carbocycles. The fourth-order valence-electron chi connectivity index (χ4n) is 1.59. The van der Waals surface area contributed by atoms with Gasteiger partial charge in [-0.2, -0.15) is 61.4 Å². The molecule has 0 amide bonds. The molecule has 0 bridgehead atoms. The summed E-state index contributed by atoms with van der Waals surface area (Å²) >= 11 is 0. The predicted octanol–water partition coefficient (Wildman–Crippen LogP) is -0.912. The molecule has 20 heteroatoms. The second-order valence-corrected chi connectivity index (χ2v) is 7.09. The zero-order valence-corrected chi connectivity index (χ0v) is 18.3. The number of carboxylic acids is 1. The van der Waals surface area contributed by atoms with E-state index in [0.29, 0.717) is 6.92 Å². The van der Waals surface area contributed by atoms with Gasteiger partial charge in [0.15, 0.2) is 0 Å². The Hall–Kier alpha value is 0.106. The van der Waals surface area contributed by atoms with Gasteiger partial charge in [-0.25, -0.2) is 8.42 Å². The minimum absolute atomic E-state index is 0. The van der Waals surface area contributed by atoms with Crippen molar-refractivity contribution in [3.05, 3.63) is 0 Å². The maximum absolute atomic E-state index is 13.6. The topological polar surface area (TPSA) is 77.5 Å². The number of hydrogen-bond acceptors (Lipinski definition) is 4.